The van der Waals surface area contributed by atoms with E-state index in [9.17, 15) is 0 Å². The molecule has 0 aliphatic carbocycles. The first-order valence-corrected chi connectivity index (χ1v) is 11.0. The molecule has 1 aromatic rings. The van der Waals surface area contributed by atoms with Gasteiger partial charge in [-0.3, -0.25) is 4.99 Å². The zero-order valence-corrected chi connectivity index (χ0v) is 19.0. The molecule has 1 heterocycles. The first kappa shape index (κ1) is 22.2. The summed E-state index contributed by atoms with van der Waals surface area (Å²) in [4.78, 5) is 12.2. The molecule has 1 aliphatic heterocycles. The predicted molar refractivity (Wildman–Crippen MR) is 119 cm³/mol. The van der Waals surface area contributed by atoms with Crippen LogP contribution in [0, 0.1) is 5.92 Å². The Morgan fingerprint density at radius 1 is 1.15 bits per heavy atom. The summed E-state index contributed by atoms with van der Waals surface area (Å²) in [5.74, 6) is 1.55. The highest BCUT2D eigenvalue weighted by atomic mass is 79.9. The molecule has 0 spiro atoms. The highest BCUT2D eigenvalue weighted by Gasteiger charge is 2.17. The van der Waals surface area contributed by atoms with Crippen LogP contribution < -0.4 is 5.32 Å². The molecule has 0 radical (unpaired) electrons. The van der Waals surface area contributed by atoms with Crippen molar-refractivity contribution in [1.82, 2.24) is 20.0 Å². The fourth-order valence-electron chi connectivity index (χ4n) is 3.44. The lowest BCUT2D eigenvalue weighted by atomic mass is 10.1. The van der Waals surface area contributed by atoms with Gasteiger partial charge in [0.05, 0.1) is 0 Å². The predicted octanol–water partition coefficient (Wildman–Crippen LogP) is 3.12. The monoisotopic (exact) mass is 437 g/mol. The van der Waals surface area contributed by atoms with Crippen LogP contribution in [0.5, 0.6) is 0 Å². The molecule has 0 amide bonds. The fraction of sp³-hybridized carbons (Fsp3) is 0.667. The normalized spacial score (nSPS) is 17.7. The van der Waals surface area contributed by atoms with Gasteiger partial charge in [-0.2, -0.15) is 0 Å². The smallest absolute Gasteiger partial charge is 0.193 e. The third-order valence-corrected chi connectivity index (χ3v) is 5.59. The van der Waals surface area contributed by atoms with Gasteiger partial charge in [0.15, 0.2) is 5.96 Å². The number of nitrogens with zero attached hydrogens (tertiary/aromatic N) is 4. The Morgan fingerprint density at radius 3 is 2.37 bits per heavy atom. The maximum Gasteiger partial charge on any atom is 0.193 e. The molecule has 1 N–H and O–H groups in total. The van der Waals surface area contributed by atoms with Crippen molar-refractivity contribution in [2.75, 3.05) is 59.4 Å². The summed E-state index contributed by atoms with van der Waals surface area (Å²) in [6, 6.07) is 8.49. The molecule has 1 aromatic carbocycles. The summed E-state index contributed by atoms with van der Waals surface area (Å²) >= 11 is 3.50. The maximum absolute atomic E-state index is 4.91. The maximum atomic E-state index is 4.91. The molecule has 1 atom stereocenters. The van der Waals surface area contributed by atoms with Crippen LogP contribution in [0.15, 0.2) is 33.7 Å². The molecule has 152 valence electrons. The van der Waals surface area contributed by atoms with Crippen molar-refractivity contribution in [3.05, 3.63) is 34.3 Å². The van der Waals surface area contributed by atoms with Gasteiger partial charge in [0, 0.05) is 63.9 Å². The second-order valence-corrected chi connectivity index (χ2v) is 8.43. The van der Waals surface area contributed by atoms with E-state index in [0.29, 0.717) is 5.92 Å². The van der Waals surface area contributed by atoms with E-state index in [0.717, 1.165) is 36.6 Å². The summed E-state index contributed by atoms with van der Waals surface area (Å²) in [7, 11) is 2.11. The van der Waals surface area contributed by atoms with E-state index in [2.05, 4.69) is 88.0 Å². The van der Waals surface area contributed by atoms with E-state index in [1.807, 2.05) is 0 Å². The third kappa shape index (κ3) is 7.80. The van der Waals surface area contributed by atoms with Crippen molar-refractivity contribution >= 4 is 21.9 Å². The lowest BCUT2D eigenvalue weighted by Gasteiger charge is -2.35. The largest absolute Gasteiger partial charge is 0.357 e. The van der Waals surface area contributed by atoms with Crippen molar-refractivity contribution in [1.29, 1.82) is 0 Å². The second kappa shape index (κ2) is 11.7. The lowest BCUT2D eigenvalue weighted by molar-refractivity contribution is 0.125. The molecule has 1 fully saturated rings. The van der Waals surface area contributed by atoms with Crippen molar-refractivity contribution in [2.45, 2.75) is 27.3 Å². The van der Waals surface area contributed by atoms with Crippen LogP contribution in [0.1, 0.15) is 26.3 Å². The van der Waals surface area contributed by atoms with Crippen LogP contribution in [0.2, 0.25) is 0 Å². The van der Waals surface area contributed by atoms with Crippen LogP contribution in [0.4, 0.5) is 0 Å². The minimum Gasteiger partial charge on any atom is -0.357 e. The minimum atomic E-state index is 0.563. The van der Waals surface area contributed by atoms with E-state index in [-0.39, 0.29) is 0 Å². The Labute approximate surface area is 173 Å². The summed E-state index contributed by atoms with van der Waals surface area (Å²) < 4.78 is 1.11. The van der Waals surface area contributed by atoms with E-state index < -0.39 is 0 Å². The number of hydrogen-bond acceptors (Lipinski definition) is 3. The van der Waals surface area contributed by atoms with Crippen LogP contribution in [-0.2, 0) is 6.54 Å². The second-order valence-electron chi connectivity index (χ2n) is 7.52. The van der Waals surface area contributed by atoms with E-state index in [4.69, 9.17) is 4.99 Å². The van der Waals surface area contributed by atoms with Crippen LogP contribution in [0.3, 0.4) is 0 Å². The number of likely N-dealkylation sites (N-methyl/N-ethyl adjacent to an activating group) is 1. The number of halogens is 1. The summed E-state index contributed by atoms with van der Waals surface area (Å²) in [5.41, 5.74) is 1.29. The van der Waals surface area contributed by atoms with Gasteiger partial charge >= 0.3 is 0 Å². The zero-order chi connectivity index (χ0) is 19.6. The summed E-state index contributed by atoms with van der Waals surface area (Å²) in [5, 5.41) is 3.43. The van der Waals surface area contributed by atoms with Gasteiger partial charge in [0.25, 0.3) is 0 Å². The Morgan fingerprint density at radius 2 is 1.78 bits per heavy atom. The molecule has 0 aromatic heterocycles. The number of guanidine groups is 1. The van der Waals surface area contributed by atoms with E-state index in [1.165, 1.54) is 38.3 Å². The van der Waals surface area contributed by atoms with Crippen LogP contribution >= 0.6 is 15.9 Å². The average molecular weight is 438 g/mol. The van der Waals surface area contributed by atoms with Crippen molar-refractivity contribution in [3.8, 4) is 0 Å². The Bertz CT molecular complexity index is 566. The molecular weight excluding hydrogens is 402 g/mol. The summed E-state index contributed by atoms with van der Waals surface area (Å²) in [6.07, 6.45) is 0. The van der Waals surface area contributed by atoms with Crippen molar-refractivity contribution in [2.24, 2.45) is 10.9 Å². The first-order valence-electron chi connectivity index (χ1n) is 10.2. The van der Waals surface area contributed by atoms with Gasteiger partial charge in [0.1, 0.15) is 0 Å². The number of benzene rings is 1. The number of piperazine rings is 1. The molecular formula is C21H36BrN5. The van der Waals surface area contributed by atoms with Gasteiger partial charge in [-0.1, -0.05) is 41.9 Å². The Balaban J connectivity index is 1.85. The highest BCUT2D eigenvalue weighted by Crippen LogP contribution is 2.12. The molecule has 27 heavy (non-hydrogen) atoms. The average Bonchev–Trinajstić information content (AvgIpc) is 2.67. The van der Waals surface area contributed by atoms with Gasteiger partial charge in [-0.15, -0.1) is 0 Å². The summed E-state index contributed by atoms with van der Waals surface area (Å²) in [6.45, 7) is 16.4. The third-order valence-electron chi connectivity index (χ3n) is 5.06. The van der Waals surface area contributed by atoms with Crippen molar-refractivity contribution in [3.63, 3.8) is 0 Å². The molecule has 1 saturated heterocycles. The molecule has 2 rings (SSSR count). The molecule has 6 heteroatoms. The van der Waals surface area contributed by atoms with Crippen LogP contribution in [-0.4, -0.2) is 80.1 Å². The number of aliphatic imine (C=N–C) groups is 1. The van der Waals surface area contributed by atoms with Gasteiger partial charge in [-0.25, -0.2) is 0 Å². The van der Waals surface area contributed by atoms with Crippen LogP contribution in [0.25, 0.3) is 0 Å². The van der Waals surface area contributed by atoms with Gasteiger partial charge in [-0.05, 0) is 37.1 Å². The molecule has 5 nitrogen and oxygen atoms in total. The Hall–Kier alpha value is -1.11. The number of nitrogens with one attached hydrogen (secondary N) is 1. The fourth-order valence-corrected chi connectivity index (χ4v) is 3.70. The number of rotatable bonds is 8. The molecule has 1 aliphatic rings. The van der Waals surface area contributed by atoms with E-state index >= 15 is 0 Å². The SMILES string of the molecule is CCNC(=NCC(C)CN1CCN(CC)CC1)N(C)Cc1ccc(Br)cc1. The minimum absolute atomic E-state index is 0.563. The topological polar surface area (TPSA) is 34.1 Å². The van der Waals surface area contributed by atoms with E-state index in [1.54, 1.807) is 0 Å². The Kier molecular flexibility index (Phi) is 9.59. The quantitative estimate of drug-likeness (QED) is 0.500. The highest BCUT2D eigenvalue weighted by molar-refractivity contribution is 9.10. The molecule has 0 saturated carbocycles. The first-order chi connectivity index (χ1) is 13.0. The van der Waals surface area contributed by atoms with Gasteiger partial charge < -0.3 is 20.0 Å². The van der Waals surface area contributed by atoms with Gasteiger partial charge in [0.2, 0.25) is 0 Å². The standard InChI is InChI=1S/C21H36BrN5/c1-5-23-21(25(4)17-19-7-9-20(22)10-8-19)24-15-18(3)16-27-13-11-26(6-2)12-14-27/h7-10,18H,5-6,11-17H2,1-4H3,(H,23,24). The zero-order valence-electron chi connectivity index (χ0n) is 17.4. The van der Waals surface area contributed by atoms with Crippen molar-refractivity contribution < 1.29 is 0 Å². The number of hydrogen-bond donors (Lipinski definition) is 1. The lowest BCUT2D eigenvalue weighted by Crippen LogP contribution is -2.47. The molecule has 0 bridgehead atoms. The molecule has 1 unspecified atom stereocenters.